The first-order valence-electron chi connectivity index (χ1n) is 7.93. The van der Waals surface area contributed by atoms with Crippen LogP contribution in [-0.4, -0.2) is 28.2 Å². The van der Waals surface area contributed by atoms with Gasteiger partial charge in [-0.15, -0.1) is 0 Å². The van der Waals surface area contributed by atoms with Crippen LogP contribution in [0.5, 0.6) is 5.75 Å². The maximum Gasteiger partial charge on any atom is 0.335 e. The van der Waals surface area contributed by atoms with E-state index in [4.69, 9.17) is 9.84 Å². The molecule has 0 saturated heterocycles. The Balaban J connectivity index is 1.66. The van der Waals surface area contributed by atoms with Gasteiger partial charge in [0.1, 0.15) is 23.7 Å². The van der Waals surface area contributed by atoms with E-state index in [1.165, 1.54) is 12.4 Å². The minimum atomic E-state index is -0.974. The van der Waals surface area contributed by atoms with Crippen LogP contribution < -0.4 is 15.4 Å². The molecule has 132 valence electrons. The van der Waals surface area contributed by atoms with Crippen molar-refractivity contribution in [3.8, 4) is 5.75 Å². The first-order chi connectivity index (χ1) is 12.6. The first kappa shape index (κ1) is 17.2. The number of carboxylic acids is 1. The van der Waals surface area contributed by atoms with Gasteiger partial charge in [-0.1, -0.05) is 18.2 Å². The SMILES string of the molecule is COc1ccc(CNc2cc(Nc3cccc(C(=O)O)c3)ncn2)cc1. The first-order valence-corrected chi connectivity index (χ1v) is 7.93. The minimum Gasteiger partial charge on any atom is -0.497 e. The number of aromatic nitrogens is 2. The number of anilines is 3. The highest BCUT2D eigenvalue weighted by Crippen LogP contribution is 2.18. The van der Waals surface area contributed by atoms with E-state index in [9.17, 15) is 4.79 Å². The van der Waals surface area contributed by atoms with Crippen molar-refractivity contribution in [1.82, 2.24) is 9.97 Å². The molecule has 0 bridgehead atoms. The Hall–Kier alpha value is -3.61. The molecule has 1 heterocycles. The molecule has 2 aromatic carbocycles. The molecule has 0 radical (unpaired) electrons. The molecule has 7 heteroatoms. The molecular formula is C19H18N4O3. The van der Waals surface area contributed by atoms with E-state index in [-0.39, 0.29) is 5.56 Å². The molecule has 3 N–H and O–H groups in total. The number of carboxylic acid groups (broad SMARTS) is 1. The summed E-state index contributed by atoms with van der Waals surface area (Å²) in [5, 5.41) is 15.4. The van der Waals surface area contributed by atoms with Crippen molar-refractivity contribution < 1.29 is 14.6 Å². The quantitative estimate of drug-likeness (QED) is 0.600. The number of ether oxygens (including phenoxy) is 1. The van der Waals surface area contributed by atoms with Gasteiger partial charge >= 0.3 is 5.97 Å². The summed E-state index contributed by atoms with van der Waals surface area (Å²) in [6.07, 6.45) is 1.44. The summed E-state index contributed by atoms with van der Waals surface area (Å²) in [5.41, 5.74) is 1.94. The summed E-state index contributed by atoms with van der Waals surface area (Å²) in [4.78, 5) is 19.4. The lowest BCUT2D eigenvalue weighted by atomic mass is 10.2. The van der Waals surface area contributed by atoms with Crippen molar-refractivity contribution in [1.29, 1.82) is 0 Å². The highest BCUT2D eigenvalue weighted by molar-refractivity contribution is 5.89. The predicted molar refractivity (Wildman–Crippen MR) is 99.0 cm³/mol. The Morgan fingerprint density at radius 1 is 1.08 bits per heavy atom. The molecule has 0 fully saturated rings. The van der Waals surface area contributed by atoms with E-state index in [1.54, 1.807) is 31.4 Å². The van der Waals surface area contributed by atoms with Gasteiger partial charge in [0, 0.05) is 18.3 Å². The van der Waals surface area contributed by atoms with Gasteiger partial charge in [-0.3, -0.25) is 0 Å². The number of hydrogen-bond acceptors (Lipinski definition) is 6. The monoisotopic (exact) mass is 350 g/mol. The Labute approximate surface area is 150 Å². The molecule has 0 aliphatic carbocycles. The smallest absolute Gasteiger partial charge is 0.335 e. The molecule has 0 aliphatic heterocycles. The summed E-state index contributed by atoms with van der Waals surface area (Å²) in [5.74, 6) is 1.07. The van der Waals surface area contributed by atoms with Gasteiger partial charge in [-0.25, -0.2) is 14.8 Å². The maximum atomic E-state index is 11.0. The number of carbonyl (C=O) groups is 1. The van der Waals surface area contributed by atoms with E-state index in [1.807, 2.05) is 24.3 Å². The third kappa shape index (κ3) is 4.47. The van der Waals surface area contributed by atoms with Crippen molar-refractivity contribution in [3.63, 3.8) is 0 Å². The highest BCUT2D eigenvalue weighted by Gasteiger charge is 2.05. The third-order valence-corrected chi connectivity index (χ3v) is 3.68. The topological polar surface area (TPSA) is 96.4 Å². The summed E-state index contributed by atoms with van der Waals surface area (Å²) in [7, 11) is 1.63. The number of benzene rings is 2. The fourth-order valence-electron chi connectivity index (χ4n) is 2.34. The largest absolute Gasteiger partial charge is 0.497 e. The summed E-state index contributed by atoms with van der Waals surface area (Å²) < 4.78 is 5.14. The predicted octanol–water partition coefficient (Wildman–Crippen LogP) is 3.54. The molecule has 1 aromatic heterocycles. The average Bonchev–Trinajstić information content (AvgIpc) is 2.67. The third-order valence-electron chi connectivity index (χ3n) is 3.68. The summed E-state index contributed by atoms with van der Waals surface area (Å²) in [6, 6.07) is 16.1. The van der Waals surface area contributed by atoms with E-state index in [0.29, 0.717) is 23.9 Å². The minimum absolute atomic E-state index is 0.210. The highest BCUT2D eigenvalue weighted by atomic mass is 16.5. The Bertz CT molecular complexity index is 897. The zero-order valence-electron chi connectivity index (χ0n) is 14.1. The van der Waals surface area contributed by atoms with Crippen LogP contribution in [0.15, 0.2) is 60.9 Å². The second-order valence-electron chi connectivity index (χ2n) is 5.50. The van der Waals surface area contributed by atoms with Crippen LogP contribution in [0.4, 0.5) is 17.3 Å². The number of methoxy groups -OCH3 is 1. The second-order valence-corrected chi connectivity index (χ2v) is 5.50. The van der Waals surface area contributed by atoms with Crippen LogP contribution in [0, 0.1) is 0 Å². The molecule has 3 aromatic rings. The van der Waals surface area contributed by atoms with Crippen LogP contribution in [0.25, 0.3) is 0 Å². The molecule has 7 nitrogen and oxygen atoms in total. The molecule has 0 amide bonds. The molecular weight excluding hydrogens is 332 g/mol. The lowest BCUT2D eigenvalue weighted by molar-refractivity contribution is 0.0697. The van der Waals surface area contributed by atoms with Crippen molar-refractivity contribution in [2.75, 3.05) is 17.7 Å². The zero-order chi connectivity index (χ0) is 18.4. The zero-order valence-corrected chi connectivity index (χ0v) is 14.1. The van der Waals surface area contributed by atoms with Gasteiger partial charge in [-0.05, 0) is 35.9 Å². The van der Waals surface area contributed by atoms with Crippen molar-refractivity contribution >= 4 is 23.3 Å². The molecule has 3 rings (SSSR count). The number of nitrogens with one attached hydrogen (secondary N) is 2. The van der Waals surface area contributed by atoms with Crippen LogP contribution in [0.3, 0.4) is 0 Å². The van der Waals surface area contributed by atoms with Gasteiger partial charge in [0.25, 0.3) is 0 Å². The lowest BCUT2D eigenvalue weighted by Crippen LogP contribution is -2.03. The fraction of sp³-hybridized carbons (Fsp3) is 0.105. The molecule has 0 aliphatic rings. The average molecular weight is 350 g/mol. The van der Waals surface area contributed by atoms with Crippen LogP contribution >= 0.6 is 0 Å². The second kappa shape index (κ2) is 7.98. The van der Waals surface area contributed by atoms with E-state index in [0.717, 1.165) is 11.3 Å². The van der Waals surface area contributed by atoms with Crippen LogP contribution in [0.1, 0.15) is 15.9 Å². The van der Waals surface area contributed by atoms with Gasteiger partial charge in [-0.2, -0.15) is 0 Å². The molecule has 0 unspecified atom stereocenters. The van der Waals surface area contributed by atoms with Gasteiger partial charge < -0.3 is 20.5 Å². The number of hydrogen-bond donors (Lipinski definition) is 3. The van der Waals surface area contributed by atoms with Crippen LogP contribution in [0.2, 0.25) is 0 Å². The number of nitrogens with zero attached hydrogens (tertiary/aromatic N) is 2. The van der Waals surface area contributed by atoms with Crippen molar-refractivity contribution in [2.45, 2.75) is 6.54 Å². The number of aromatic carboxylic acids is 1. The summed E-state index contributed by atoms with van der Waals surface area (Å²) >= 11 is 0. The van der Waals surface area contributed by atoms with Gasteiger partial charge in [0.05, 0.1) is 12.7 Å². The van der Waals surface area contributed by atoms with E-state index in [2.05, 4.69) is 20.6 Å². The molecule has 0 saturated carbocycles. The molecule has 0 spiro atoms. The fourth-order valence-corrected chi connectivity index (χ4v) is 2.34. The Morgan fingerprint density at radius 3 is 2.58 bits per heavy atom. The van der Waals surface area contributed by atoms with Gasteiger partial charge in [0.2, 0.25) is 0 Å². The normalized spacial score (nSPS) is 10.2. The maximum absolute atomic E-state index is 11.0. The summed E-state index contributed by atoms with van der Waals surface area (Å²) in [6.45, 7) is 0.606. The number of rotatable bonds is 7. The van der Waals surface area contributed by atoms with Crippen molar-refractivity contribution in [3.05, 3.63) is 72.1 Å². The molecule has 0 atom stereocenters. The Kier molecular flexibility index (Phi) is 5.28. The Morgan fingerprint density at radius 2 is 1.85 bits per heavy atom. The van der Waals surface area contributed by atoms with Gasteiger partial charge in [0.15, 0.2) is 0 Å². The van der Waals surface area contributed by atoms with Crippen molar-refractivity contribution in [2.24, 2.45) is 0 Å². The van der Waals surface area contributed by atoms with E-state index < -0.39 is 5.97 Å². The lowest BCUT2D eigenvalue weighted by Gasteiger charge is -2.09. The van der Waals surface area contributed by atoms with Crippen LogP contribution in [-0.2, 0) is 6.54 Å². The molecule has 26 heavy (non-hydrogen) atoms. The standard InChI is InChI=1S/C19H18N4O3/c1-26-16-7-5-13(6-8-16)11-20-17-10-18(22-12-21-17)23-15-4-2-3-14(9-15)19(24)25/h2-10,12H,11H2,1H3,(H,24,25)(H2,20,21,22,23). The van der Waals surface area contributed by atoms with E-state index >= 15 is 0 Å².